The summed E-state index contributed by atoms with van der Waals surface area (Å²) in [6, 6.07) is 17.2. The highest BCUT2D eigenvalue weighted by atomic mass is 16.2. The van der Waals surface area contributed by atoms with Gasteiger partial charge in [0.25, 0.3) is 0 Å². The van der Waals surface area contributed by atoms with Crippen molar-refractivity contribution in [2.75, 3.05) is 19.4 Å². The molecule has 1 atom stereocenters. The molecule has 0 bridgehead atoms. The Morgan fingerprint density at radius 2 is 1.68 bits per heavy atom. The van der Waals surface area contributed by atoms with Crippen LogP contribution < -0.4 is 10.6 Å². The van der Waals surface area contributed by atoms with Gasteiger partial charge >= 0.3 is 0 Å². The molecular weight excluding hydrogens is 314 g/mol. The fourth-order valence-electron chi connectivity index (χ4n) is 2.62. The maximum Gasteiger partial charge on any atom is 0.237 e. The zero-order valence-electron chi connectivity index (χ0n) is 15.0. The van der Waals surface area contributed by atoms with Crippen molar-refractivity contribution < 1.29 is 9.59 Å². The molecule has 2 aromatic rings. The molecule has 0 saturated carbocycles. The third kappa shape index (κ3) is 6.04. The SMILES string of the molecule is CC(=O)Nc1cccc(CNC(=O)[C@@H](Cc2ccccc2)N(C)C)c1. The average molecular weight is 339 g/mol. The first kappa shape index (κ1) is 18.7. The molecule has 0 fully saturated rings. The highest BCUT2D eigenvalue weighted by Gasteiger charge is 2.20. The lowest BCUT2D eigenvalue weighted by Gasteiger charge is -2.23. The van der Waals surface area contributed by atoms with E-state index in [2.05, 4.69) is 10.6 Å². The number of anilines is 1. The zero-order chi connectivity index (χ0) is 18.2. The molecule has 2 amide bonds. The van der Waals surface area contributed by atoms with E-state index < -0.39 is 0 Å². The standard InChI is InChI=1S/C20H25N3O2/c1-15(24)22-18-11-7-10-17(12-18)14-21-20(25)19(23(2)3)13-16-8-5-4-6-9-16/h4-12,19H,13-14H2,1-3H3,(H,21,25)(H,22,24)/t19-/m1/s1. The minimum Gasteiger partial charge on any atom is -0.351 e. The van der Waals surface area contributed by atoms with Crippen LogP contribution in [0.1, 0.15) is 18.1 Å². The van der Waals surface area contributed by atoms with E-state index in [1.54, 1.807) is 0 Å². The molecular formula is C20H25N3O2. The van der Waals surface area contributed by atoms with Crippen molar-refractivity contribution >= 4 is 17.5 Å². The third-order valence-corrected chi connectivity index (χ3v) is 3.91. The van der Waals surface area contributed by atoms with E-state index in [0.717, 1.165) is 16.8 Å². The largest absolute Gasteiger partial charge is 0.351 e. The van der Waals surface area contributed by atoms with Gasteiger partial charge in [0.2, 0.25) is 11.8 Å². The van der Waals surface area contributed by atoms with Crippen LogP contribution in [-0.2, 0) is 22.6 Å². The van der Waals surface area contributed by atoms with E-state index in [1.807, 2.05) is 73.6 Å². The number of carbonyl (C=O) groups excluding carboxylic acids is 2. The predicted molar refractivity (Wildman–Crippen MR) is 100 cm³/mol. The Morgan fingerprint density at radius 3 is 2.32 bits per heavy atom. The average Bonchev–Trinajstić information content (AvgIpc) is 2.58. The minimum absolute atomic E-state index is 0.0150. The summed E-state index contributed by atoms with van der Waals surface area (Å²) in [6.45, 7) is 1.89. The number of carbonyl (C=O) groups is 2. The molecule has 25 heavy (non-hydrogen) atoms. The third-order valence-electron chi connectivity index (χ3n) is 3.91. The van der Waals surface area contributed by atoms with E-state index >= 15 is 0 Å². The summed E-state index contributed by atoms with van der Waals surface area (Å²) in [4.78, 5) is 25.7. The lowest BCUT2D eigenvalue weighted by Crippen LogP contribution is -2.44. The van der Waals surface area contributed by atoms with Crippen molar-refractivity contribution in [2.45, 2.75) is 25.9 Å². The van der Waals surface area contributed by atoms with E-state index in [9.17, 15) is 9.59 Å². The molecule has 132 valence electrons. The second-order valence-electron chi connectivity index (χ2n) is 6.27. The monoisotopic (exact) mass is 339 g/mol. The molecule has 2 N–H and O–H groups in total. The number of hydrogen-bond donors (Lipinski definition) is 2. The van der Waals surface area contributed by atoms with Gasteiger partial charge in [0.1, 0.15) is 0 Å². The van der Waals surface area contributed by atoms with Crippen molar-refractivity contribution in [1.29, 1.82) is 0 Å². The van der Waals surface area contributed by atoms with Gasteiger partial charge in [-0.1, -0.05) is 42.5 Å². The Labute approximate surface area is 149 Å². The van der Waals surface area contributed by atoms with Crippen LogP contribution in [0.2, 0.25) is 0 Å². The number of nitrogens with zero attached hydrogens (tertiary/aromatic N) is 1. The van der Waals surface area contributed by atoms with Gasteiger partial charge in [0.05, 0.1) is 6.04 Å². The first-order valence-electron chi connectivity index (χ1n) is 8.30. The first-order valence-corrected chi connectivity index (χ1v) is 8.30. The van der Waals surface area contributed by atoms with E-state index in [0.29, 0.717) is 13.0 Å². The van der Waals surface area contributed by atoms with Crippen LogP contribution in [0.5, 0.6) is 0 Å². The zero-order valence-corrected chi connectivity index (χ0v) is 15.0. The van der Waals surface area contributed by atoms with Gasteiger partial charge in [-0.2, -0.15) is 0 Å². The molecule has 0 radical (unpaired) electrons. The second-order valence-corrected chi connectivity index (χ2v) is 6.27. The molecule has 0 aliphatic rings. The Hall–Kier alpha value is -2.66. The summed E-state index contributed by atoms with van der Waals surface area (Å²) < 4.78 is 0. The highest BCUT2D eigenvalue weighted by molar-refractivity contribution is 5.88. The molecule has 2 rings (SSSR count). The molecule has 0 unspecified atom stereocenters. The quantitative estimate of drug-likeness (QED) is 0.814. The maximum atomic E-state index is 12.6. The lowest BCUT2D eigenvalue weighted by molar-refractivity contribution is -0.125. The van der Waals surface area contributed by atoms with Crippen molar-refractivity contribution in [1.82, 2.24) is 10.2 Å². The van der Waals surface area contributed by atoms with Crippen molar-refractivity contribution in [3.05, 3.63) is 65.7 Å². The smallest absolute Gasteiger partial charge is 0.237 e. The number of amides is 2. The van der Waals surface area contributed by atoms with Gasteiger partial charge in [-0.3, -0.25) is 14.5 Å². The van der Waals surface area contributed by atoms with Crippen molar-refractivity contribution in [3.8, 4) is 0 Å². The van der Waals surface area contributed by atoms with Crippen LogP contribution in [-0.4, -0.2) is 36.9 Å². The van der Waals surface area contributed by atoms with Crippen LogP contribution in [0.4, 0.5) is 5.69 Å². The van der Waals surface area contributed by atoms with Crippen LogP contribution in [0.15, 0.2) is 54.6 Å². The van der Waals surface area contributed by atoms with Gasteiger partial charge < -0.3 is 10.6 Å². The number of benzene rings is 2. The predicted octanol–water partition coefficient (Wildman–Crippen LogP) is 2.43. The van der Waals surface area contributed by atoms with Crippen molar-refractivity contribution in [2.24, 2.45) is 0 Å². The number of hydrogen-bond acceptors (Lipinski definition) is 3. The molecule has 5 heteroatoms. The van der Waals surface area contributed by atoms with Gasteiger partial charge in [0, 0.05) is 19.2 Å². The molecule has 0 aliphatic carbocycles. The molecule has 0 spiro atoms. The van der Waals surface area contributed by atoms with Crippen LogP contribution in [0.25, 0.3) is 0 Å². The molecule has 0 aromatic heterocycles. The summed E-state index contributed by atoms with van der Waals surface area (Å²) in [5.74, 6) is -0.129. The topological polar surface area (TPSA) is 61.4 Å². The van der Waals surface area contributed by atoms with Crippen LogP contribution in [0, 0.1) is 0 Å². The Kier molecular flexibility index (Phi) is 6.71. The number of likely N-dealkylation sites (N-methyl/N-ethyl adjacent to an activating group) is 1. The van der Waals surface area contributed by atoms with Gasteiger partial charge in [-0.25, -0.2) is 0 Å². The molecule has 0 heterocycles. The Balaban J connectivity index is 1.98. The molecule has 2 aromatic carbocycles. The summed E-state index contributed by atoms with van der Waals surface area (Å²) in [5.41, 5.74) is 2.80. The fraction of sp³-hybridized carbons (Fsp3) is 0.300. The van der Waals surface area contributed by atoms with Crippen molar-refractivity contribution in [3.63, 3.8) is 0 Å². The second kappa shape index (κ2) is 8.99. The van der Waals surface area contributed by atoms with Gasteiger partial charge in [-0.05, 0) is 43.8 Å². The Bertz CT molecular complexity index is 714. The normalized spacial score (nSPS) is 11.8. The minimum atomic E-state index is -0.235. The lowest BCUT2D eigenvalue weighted by atomic mass is 10.0. The van der Waals surface area contributed by atoms with Gasteiger partial charge in [-0.15, -0.1) is 0 Å². The number of nitrogens with one attached hydrogen (secondary N) is 2. The fourth-order valence-corrected chi connectivity index (χ4v) is 2.62. The van der Waals surface area contributed by atoms with E-state index in [1.165, 1.54) is 6.92 Å². The molecule has 0 aliphatic heterocycles. The summed E-state index contributed by atoms with van der Waals surface area (Å²) >= 11 is 0. The summed E-state index contributed by atoms with van der Waals surface area (Å²) in [7, 11) is 3.81. The molecule has 5 nitrogen and oxygen atoms in total. The van der Waals surface area contributed by atoms with E-state index in [-0.39, 0.29) is 17.9 Å². The van der Waals surface area contributed by atoms with Crippen LogP contribution in [0.3, 0.4) is 0 Å². The number of rotatable bonds is 7. The first-order chi connectivity index (χ1) is 12.0. The summed E-state index contributed by atoms with van der Waals surface area (Å²) in [6.07, 6.45) is 0.658. The van der Waals surface area contributed by atoms with Crippen LogP contribution >= 0.6 is 0 Å². The highest BCUT2D eigenvalue weighted by Crippen LogP contribution is 2.11. The maximum absolute atomic E-state index is 12.6. The summed E-state index contributed by atoms with van der Waals surface area (Å²) in [5, 5.41) is 5.73. The van der Waals surface area contributed by atoms with Gasteiger partial charge in [0.15, 0.2) is 0 Å². The molecule has 0 saturated heterocycles. The van der Waals surface area contributed by atoms with E-state index in [4.69, 9.17) is 0 Å². The Morgan fingerprint density at radius 1 is 1.00 bits per heavy atom.